The van der Waals surface area contributed by atoms with Crippen molar-refractivity contribution in [1.29, 1.82) is 0 Å². The maximum Gasteiger partial charge on any atom is 0.0948 e. The second-order valence-corrected chi connectivity index (χ2v) is 4.37. The SMILES string of the molecule is CC(C)CCCCn1cncc1CCl. The lowest BCUT2D eigenvalue weighted by atomic mass is 10.1. The van der Waals surface area contributed by atoms with Gasteiger partial charge in [0.2, 0.25) is 0 Å². The van der Waals surface area contributed by atoms with Gasteiger partial charge in [0, 0.05) is 12.7 Å². The summed E-state index contributed by atoms with van der Waals surface area (Å²) in [7, 11) is 0. The molecular weight excluding hydrogens is 196 g/mol. The van der Waals surface area contributed by atoms with Gasteiger partial charge in [-0.25, -0.2) is 4.98 Å². The summed E-state index contributed by atoms with van der Waals surface area (Å²) in [5.41, 5.74) is 1.12. The van der Waals surface area contributed by atoms with E-state index in [0.717, 1.165) is 18.2 Å². The topological polar surface area (TPSA) is 17.8 Å². The molecule has 80 valence electrons. The summed E-state index contributed by atoms with van der Waals surface area (Å²) >= 11 is 5.78. The summed E-state index contributed by atoms with van der Waals surface area (Å²) in [5.74, 6) is 1.37. The van der Waals surface area contributed by atoms with Crippen molar-refractivity contribution in [2.24, 2.45) is 5.92 Å². The number of unbranched alkanes of at least 4 members (excludes halogenated alkanes) is 1. The molecule has 0 aliphatic rings. The lowest BCUT2D eigenvalue weighted by Gasteiger charge is -2.07. The Labute approximate surface area is 91.3 Å². The van der Waals surface area contributed by atoms with Crippen molar-refractivity contribution in [3.05, 3.63) is 18.2 Å². The minimum absolute atomic E-state index is 0.560. The van der Waals surface area contributed by atoms with E-state index in [1.165, 1.54) is 19.3 Å². The molecule has 0 saturated carbocycles. The zero-order valence-corrected chi connectivity index (χ0v) is 9.80. The normalized spacial score (nSPS) is 11.1. The van der Waals surface area contributed by atoms with Crippen LogP contribution in [0.3, 0.4) is 0 Å². The molecule has 0 unspecified atom stereocenters. The monoisotopic (exact) mass is 214 g/mol. The van der Waals surface area contributed by atoms with Gasteiger partial charge in [0.05, 0.1) is 17.9 Å². The third kappa shape index (κ3) is 3.70. The fraction of sp³-hybridized carbons (Fsp3) is 0.727. The van der Waals surface area contributed by atoms with Gasteiger partial charge in [0.1, 0.15) is 0 Å². The van der Waals surface area contributed by atoms with Gasteiger partial charge in [-0.1, -0.05) is 26.7 Å². The summed E-state index contributed by atoms with van der Waals surface area (Å²) < 4.78 is 2.15. The van der Waals surface area contributed by atoms with E-state index in [2.05, 4.69) is 23.4 Å². The van der Waals surface area contributed by atoms with Gasteiger partial charge in [-0.3, -0.25) is 0 Å². The highest BCUT2D eigenvalue weighted by Gasteiger charge is 2.00. The van der Waals surface area contributed by atoms with Crippen molar-refractivity contribution in [3.63, 3.8) is 0 Å². The van der Waals surface area contributed by atoms with Crippen LogP contribution in [0.15, 0.2) is 12.5 Å². The van der Waals surface area contributed by atoms with Gasteiger partial charge in [-0.15, -0.1) is 11.6 Å². The first-order valence-corrected chi connectivity index (χ1v) is 5.82. The number of nitrogens with zero attached hydrogens (tertiary/aromatic N) is 2. The zero-order valence-electron chi connectivity index (χ0n) is 9.04. The highest BCUT2D eigenvalue weighted by molar-refractivity contribution is 6.16. The smallest absolute Gasteiger partial charge is 0.0948 e. The number of hydrogen-bond donors (Lipinski definition) is 0. The van der Waals surface area contributed by atoms with Crippen molar-refractivity contribution in [3.8, 4) is 0 Å². The van der Waals surface area contributed by atoms with Gasteiger partial charge < -0.3 is 4.57 Å². The van der Waals surface area contributed by atoms with E-state index in [4.69, 9.17) is 11.6 Å². The number of halogens is 1. The molecule has 0 saturated heterocycles. The summed E-state index contributed by atoms with van der Waals surface area (Å²) in [6.45, 7) is 5.58. The number of rotatable bonds is 6. The standard InChI is InChI=1S/C11H19ClN2/c1-10(2)5-3-4-6-14-9-13-8-11(14)7-12/h8-10H,3-7H2,1-2H3. The van der Waals surface area contributed by atoms with E-state index in [1.807, 2.05) is 12.5 Å². The van der Waals surface area contributed by atoms with Gasteiger partial charge in [-0.2, -0.15) is 0 Å². The highest BCUT2D eigenvalue weighted by Crippen LogP contribution is 2.09. The van der Waals surface area contributed by atoms with Crippen molar-refractivity contribution in [1.82, 2.24) is 9.55 Å². The second kappa shape index (κ2) is 6.07. The maximum atomic E-state index is 5.78. The molecule has 0 spiro atoms. The fourth-order valence-corrected chi connectivity index (χ4v) is 1.72. The van der Waals surface area contributed by atoms with Crippen LogP contribution in [-0.4, -0.2) is 9.55 Å². The van der Waals surface area contributed by atoms with Gasteiger partial charge >= 0.3 is 0 Å². The Bertz CT molecular complexity index is 256. The molecule has 1 aromatic heterocycles. The Morgan fingerprint density at radius 2 is 2.21 bits per heavy atom. The van der Waals surface area contributed by atoms with Gasteiger partial charge in [0.15, 0.2) is 0 Å². The molecule has 0 aliphatic carbocycles. The molecule has 1 aromatic rings. The van der Waals surface area contributed by atoms with E-state index in [9.17, 15) is 0 Å². The maximum absolute atomic E-state index is 5.78. The lowest BCUT2D eigenvalue weighted by molar-refractivity contribution is 0.506. The Morgan fingerprint density at radius 1 is 1.43 bits per heavy atom. The molecule has 0 radical (unpaired) electrons. The molecule has 0 fully saturated rings. The number of alkyl halides is 1. The minimum atomic E-state index is 0.560. The van der Waals surface area contributed by atoms with Crippen LogP contribution in [0.4, 0.5) is 0 Å². The predicted octanol–water partition coefficient (Wildman–Crippen LogP) is 3.45. The molecule has 3 heteroatoms. The predicted molar refractivity (Wildman–Crippen MR) is 60.5 cm³/mol. The molecule has 1 heterocycles. The first kappa shape index (κ1) is 11.6. The van der Waals surface area contributed by atoms with Crippen LogP contribution in [0.1, 0.15) is 38.8 Å². The molecule has 0 atom stereocenters. The molecule has 0 aromatic carbocycles. The summed E-state index contributed by atoms with van der Waals surface area (Å²) in [4.78, 5) is 4.09. The van der Waals surface area contributed by atoms with E-state index in [0.29, 0.717) is 5.88 Å². The fourth-order valence-electron chi connectivity index (χ4n) is 1.50. The van der Waals surface area contributed by atoms with Gasteiger partial charge in [-0.05, 0) is 12.3 Å². The number of aromatic nitrogens is 2. The number of aryl methyl sites for hydroxylation is 1. The van der Waals surface area contributed by atoms with Crippen LogP contribution < -0.4 is 0 Å². The average Bonchev–Trinajstić information content (AvgIpc) is 2.59. The Kier molecular flexibility index (Phi) is 5.02. The Balaban J connectivity index is 2.24. The third-order valence-corrected chi connectivity index (χ3v) is 2.64. The van der Waals surface area contributed by atoms with Crippen molar-refractivity contribution < 1.29 is 0 Å². The van der Waals surface area contributed by atoms with E-state index >= 15 is 0 Å². The summed E-state index contributed by atoms with van der Waals surface area (Å²) in [6, 6.07) is 0. The van der Waals surface area contributed by atoms with Crippen LogP contribution in [0.25, 0.3) is 0 Å². The molecule has 2 nitrogen and oxygen atoms in total. The summed E-state index contributed by atoms with van der Waals surface area (Å²) in [6.07, 6.45) is 7.53. The lowest BCUT2D eigenvalue weighted by Crippen LogP contribution is -2.00. The number of hydrogen-bond acceptors (Lipinski definition) is 1. The summed E-state index contributed by atoms with van der Waals surface area (Å²) in [5, 5.41) is 0. The van der Waals surface area contributed by atoms with Crippen LogP contribution in [-0.2, 0) is 12.4 Å². The third-order valence-electron chi connectivity index (χ3n) is 2.37. The van der Waals surface area contributed by atoms with Crippen molar-refractivity contribution in [2.75, 3.05) is 0 Å². The largest absolute Gasteiger partial charge is 0.333 e. The van der Waals surface area contributed by atoms with Crippen LogP contribution in [0.2, 0.25) is 0 Å². The Hall–Kier alpha value is -0.500. The molecule has 0 aliphatic heterocycles. The van der Waals surface area contributed by atoms with Crippen molar-refractivity contribution in [2.45, 2.75) is 45.5 Å². The first-order valence-electron chi connectivity index (χ1n) is 5.29. The minimum Gasteiger partial charge on any atom is -0.333 e. The van der Waals surface area contributed by atoms with E-state index < -0.39 is 0 Å². The van der Waals surface area contributed by atoms with E-state index in [1.54, 1.807) is 0 Å². The van der Waals surface area contributed by atoms with Gasteiger partial charge in [0.25, 0.3) is 0 Å². The van der Waals surface area contributed by atoms with Crippen LogP contribution in [0.5, 0.6) is 0 Å². The second-order valence-electron chi connectivity index (χ2n) is 4.10. The van der Waals surface area contributed by atoms with E-state index in [-0.39, 0.29) is 0 Å². The molecular formula is C11H19ClN2. The number of imidazole rings is 1. The molecule has 1 rings (SSSR count). The first-order chi connectivity index (χ1) is 6.74. The van der Waals surface area contributed by atoms with Crippen LogP contribution in [0, 0.1) is 5.92 Å². The quantitative estimate of drug-likeness (QED) is 0.524. The highest BCUT2D eigenvalue weighted by atomic mass is 35.5. The zero-order chi connectivity index (χ0) is 10.4. The van der Waals surface area contributed by atoms with Crippen molar-refractivity contribution >= 4 is 11.6 Å². The van der Waals surface area contributed by atoms with Crippen LogP contribution >= 0.6 is 11.6 Å². The molecule has 0 amide bonds. The average molecular weight is 215 g/mol. The Morgan fingerprint density at radius 3 is 2.86 bits per heavy atom. The molecule has 0 N–H and O–H groups in total. The molecule has 0 bridgehead atoms. The molecule has 14 heavy (non-hydrogen) atoms.